The second-order valence-electron chi connectivity index (χ2n) is 7.44. The minimum Gasteiger partial charge on any atom is -0.454 e. The molecule has 3 aromatic rings. The van der Waals surface area contributed by atoms with Crippen molar-refractivity contribution >= 4 is 45.7 Å². The van der Waals surface area contributed by atoms with E-state index in [1.54, 1.807) is 30.3 Å². The number of fused-ring (bicyclic) bond motifs is 1. The van der Waals surface area contributed by atoms with E-state index in [2.05, 4.69) is 26.1 Å². The Morgan fingerprint density at radius 1 is 1.12 bits per heavy atom. The quantitative estimate of drug-likeness (QED) is 0.442. The maximum atomic E-state index is 13.0. The van der Waals surface area contributed by atoms with Crippen molar-refractivity contribution in [2.75, 3.05) is 17.4 Å². The number of carbonyl (C=O) groups is 2. The highest BCUT2D eigenvalue weighted by Gasteiger charge is 2.27. The summed E-state index contributed by atoms with van der Waals surface area (Å²) in [7, 11) is 0. The molecule has 0 saturated heterocycles. The molecule has 2 atom stereocenters. The average molecular weight is 488 g/mol. The molecule has 3 amide bonds. The summed E-state index contributed by atoms with van der Waals surface area (Å²) in [5.41, 5.74) is 1.33. The first kappa shape index (κ1) is 22.8. The van der Waals surface area contributed by atoms with E-state index in [-0.39, 0.29) is 18.6 Å². The summed E-state index contributed by atoms with van der Waals surface area (Å²) in [5, 5.41) is 17.9. The highest BCUT2D eigenvalue weighted by atomic mass is 35.5. The van der Waals surface area contributed by atoms with E-state index in [0.717, 1.165) is 5.56 Å². The molecule has 172 valence electrons. The molecule has 2 aromatic carbocycles. The maximum absolute atomic E-state index is 13.0. The number of rotatable bonds is 7. The fraction of sp³-hybridized carbons (Fsp3) is 0.273. The van der Waals surface area contributed by atoms with E-state index in [0.29, 0.717) is 38.8 Å². The van der Waals surface area contributed by atoms with Crippen LogP contribution in [0.3, 0.4) is 0 Å². The molecule has 0 fully saturated rings. The number of halogens is 1. The van der Waals surface area contributed by atoms with Gasteiger partial charge in [-0.3, -0.25) is 10.1 Å². The third-order valence-electron chi connectivity index (χ3n) is 5.14. The highest BCUT2D eigenvalue weighted by molar-refractivity contribution is 7.18. The molecule has 1 aromatic heterocycles. The van der Waals surface area contributed by atoms with Gasteiger partial charge >= 0.3 is 6.03 Å². The van der Waals surface area contributed by atoms with Crippen LogP contribution in [0.1, 0.15) is 20.3 Å². The Kier molecular flexibility index (Phi) is 6.95. The molecule has 0 spiro atoms. The Hall–Kier alpha value is -3.37. The summed E-state index contributed by atoms with van der Waals surface area (Å²) in [4.78, 5) is 25.5. The van der Waals surface area contributed by atoms with Crippen LogP contribution < -0.4 is 25.4 Å². The number of benzene rings is 2. The van der Waals surface area contributed by atoms with Gasteiger partial charge in [-0.2, -0.15) is 0 Å². The van der Waals surface area contributed by atoms with Crippen LogP contribution in [0.4, 0.5) is 15.6 Å². The summed E-state index contributed by atoms with van der Waals surface area (Å²) in [6, 6.07) is 11.0. The highest BCUT2D eigenvalue weighted by Crippen LogP contribution is 2.37. The van der Waals surface area contributed by atoms with E-state index in [4.69, 9.17) is 21.1 Å². The van der Waals surface area contributed by atoms with Gasteiger partial charge in [0.05, 0.1) is 0 Å². The molecule has 9 nitrogen and oxygen atoms in total. The fourth-order valence-electron chi connectivity index (χ4n) is 3.18. The van der Waals surface area contributed by atoms with Gasteiger partial charge in [-0.25, -0.2) is 4.79 Å². The summed E-state index contributed by atoms with van der Waals surface area (Å²) in [5.74, 6) is 0.825. The lowest BCUT2D eigenvalue weighted by molar-refractivity contribution is -0.119. The average Bonchev–Trinajstić information content (AvgIpc) is 3.45. The molecule has 3 N–H and O–H groups in total. The molecular weight excluding hydrogens is 466 g/mol. The van der Waals surface area contributed by atoms with Crippen LogP contribution in [0.25, 0.3) is 10.6 Å². The van der Waals surface area contributed by atoms with E-state index >= 15 is 0 Å². The largest absolute Gasteiger partial charge is 0.454 e. The lowest BCUT2D eigenvalue weighted by Crippen LogP contribution is -2.49. The number of hydrogen-bond donors (Lipinski definition) is 3. The monoisotopic (exact) mass is 487 g/mol. The van der Waals surface area contributed by atoms with Crippen molar-refractivity contribution in [3.63, 3.8) is 0 Å². The van der Waals surface area contributed by atoms with Gasteiger partial charge in [-0.1, -0.05) is 49.3 Å². The van der Waals surface area contributed by atoms with E-state index < -0.39 is 12.1 Å². The molecule has 0 unspecified atom stereocenters. The zero-order chi connectivity index (χ0) is 23.4. The number of ether oxygens (including phenoxy) is 2. The van der Waals surface area contributed by atoms with Crippen LogP contribution >= 0.6 is 22.9 Å². The molecule has 0 radical (unpaired) electrons. The summed E-state index contributed by atoms with van der Waals surface area (Å²) >= 11 is 7.19. The topological polar surface area (TPSA) is 114 Å². The fourth-order valence-corrected chi connectivity index (χ4v) is 4.11. The van der Waals surface area contributed by atoms with Gasteiger partial charge in [0, 0.05) is 16.3 Å². The van der Waals surface area contributed by atoms with Crippen molar-refractivity contribution in [2.45, 2.75) is 26.3 Å². The molecule has 0 bridgehead atoms. The number of hydrogen-bond acceptors (Lipinski definition) is 7. The normalized spacial score (nSPS) is 13.8. The van der Waals surface area contributed by atoms with E-state index in [1.807, 2.05) is 26.0 Å². The lowest BCUT2D eigenvalue weighted by Gasteiger charge is -2.23. The van der Waals surface area contributed by atoms with Gasteiger partial charge in [0.2, 0.25) is 17.8 Å². The SMILES string of the molecule is CC[C@H](C)[C@@H](NC(=O)Nc1cccc(Cl)c1)C(=O)Nc1nnc(-c2ccc3c(c2)OCO3)s1. The number of carbonyl (C=O) groups excluding carboxylic acids is 2. The van der Waals surface area contributed by atoms with Crippen LogP contribution in [0.15, 0.2) is 42.5 Å². The number of urea groups is 1. The lowest BCUT2D eigenvalue weighted by atomic mass is 9.98. The van der Waals surface area contributed by atoms with Gasteiger partial charge in [0.1, 0.15) is 11.0 Å². The number of nitrogens with zero attached hydrogens (tertiary/aromatic N) is 2. The summed E-state index contributed by atoms with van der Waals surface area (Å²) < 4.78 is 10.7. The van der Waals surface area contributed by atoms with Gasteiger partial charge in [0.15, 0.2) is 11.5 Å². The van der Waals surface area contributed by atoms with Crippen LogP contribution in [0.2, 0.25) is 5.02 Å². The van der Waals surface area contributed by atoms with Crippen LogP contribution in [0, 0.1) is 5.92 Å². The van der Waals surface area contributed by atoms with Crippen molar-refractivity contribution in [3.8, 4) is 22.1 Å². The maximum Gasteiger partial charge on any atom is 0.319 e. The zero-order valence-electron chi connectivity index (χ0n) is 17.9. The van der Waals surface area contributed by atoms with Gasteiger partial charge in [-0.05, 0) is 42.3 Å². The number of nitrogens with one attached hydrogen (secondary N) is 3. The minimum atomic E-state index is -0.771. The molecule has 1 aliphatic rings. The molecule has 0 aliphatic carbocycles. The van der Waals surface area contributed by atoms with Gasteiger partial charge in [0.25, 0.3) is 0 Å². The molecule has 33 heavy (non-hydrogen) atoms. The minimum absolute atomic E-state index is 0.114. The van der Waals surface area contributed by atoms with E-state index in [9.17, 15) is 9.59 Å². The van der Waals surface area contributed by atoms with Crippen LogP contribution in [-0.4, -0.2) is 35.0 Å². The second kappa shape index (κ2) is 10.1. The Bertz CT molecular complexity index is 1170. The third kappa shape index (κ3) is 5.52. The van der Waals surface area contributed by atoms with Crippen LogP contribution in [0.5, 0.6) is 11.5 Å². The predicted octanol–water partition coefficient (Wildman–Crippen LogP) is 4.76. The number of anilines is 2. The molecule has 4 rings (SSSR count). The Labute approximate surface area is 199 Å². The van der Waals surface area contributed by atoms with Gasteiger partial charge in [-0.15, -0.1) is 10.2 Å². The molecule has 1 aliphatic heterocycles. The van der Waals surface area contributed by atoms with Gasteiger partial charge < -0.3 is 20.1 Å². The summed E-state index contributed by atoms with van der Waals surface area (Å²) in [6.07, 6.45) is 0.689. The number of amides is 3. The van der Waals surface area contributed by atoms with Crippen LogP contribution in [-0.2, 0) is 4.79 Å². The second-order valence-corrected chi connectivity index (χ2v) is 8.86. The van der Waals surface area contributed by atoms with E-state index in [1.165, 1.54) is 11.3 Å². The van der Waals surface area contributed by atoms with Crippen molar-refractivity contribution < 1.29 is 19.1 Å². The van der Waals surface area contributed by atoms with Crippen molar-refractivity contribution in [1.82, 2.24) is 15.5 Å². The Balaban J connectivity index is 1.42. The Morgan fingerprint density at radius 2 is 1.94 bits per heavy atom. The number of aromatic nitrogens is 2. The first-order chi connectivity index (χ1) is 15.9. The Morgan fingerprint density at radius 3 is 2.73 bits per heavy atom. The zero-order valence-corrected chi connectivity index (χ0v) is 19.5. The molecular formula is C22H22ClN5O4S. The first-order valence-electron chi connectivity index (χ1n) is 10.3. The molecule has 11 heteroatoms. The standard InChI is InChI=1S/C22H22ClN5O4S/c1-3-12(2)18(25-21(30)24-15-6-4-5-14(23)10-15)19(29)26-22-28-27-20(33-22)13-7-8-16-17(9-13)32-11-31-16/h4-10,12,18H,3,11H2,1-2H3,(H2,24,25,30)(H,26,28,29)/t12-,18+/m0/s1. The smallest absolute Gasteiger partial charge is 0.319 e. The van der Waals surface area contributed by atoms with Crippen molar-refractivity contribution in [3.05, 3.63) is 47.5 Å². The molecule has 0 saturated carbocycles. The van der Waals surface area contributed by atoms with Crippen molar-refractivity contribution in [1.29, 1.82) is 0 Å². The van der Waals surface area contributed by atoms with Crippen molar-refractivity contribution in [2.24, 2.45) is 5.92 Å². The predicted molar refractivity (Wildman–Crippen MR) is 127 cm³/mol. The first-order valence-corrected chi connectivity index (χ1v) is 11.5. The third-order valence-corrected chi connectivity index (χ3v) is 6.26. The molecule has 2 heterocycles. The summed E-state index contributed by atoms with van der Waals surface area (Å²) in [6.45, 7) is 4.03.